The van der Waals surface area contributed by atoms with E-state index in [1.54, 1.807) is 0 Å². The molecule has 1 aromatic carbocycles. The number of aromatic nitrogens is 2. The van der Waals surface area contributed by atoms with Gasteiger partial charge in [-0.2, -0.15) is 0 Å². The van der Waals surface area contributed by atoms with Gasteiger partial charge in [-0.25, -0.2) is 4.98 Å². The van der Waals surface area contributed by atoms with Crippen LogP contribution < -0.4 is 4.90 Å². The van der Waals surface area contributed by atoms with Gasteiger partial charge in [0.2, 0.25) is 5.91 Å². The summed E-state index contributed by atoms with van der Waals surface area (Å²) in [5.74, 6) is 1.51. The van der Waals surface area contributed by atoms with Crippen molar-refractivity contribution in [2.24, 2.45) is 11.3 Å². The Morgan fingerprint density at radius 1 is 1.11 bits per heavy atom. The Bertz CT molecular complexity index is 901. The van der Waals surface area contributed by atoms with E-state index in [9.17, 15) is 4.79 Å². The first kappa shape index (κ1) is 17.9. The fraction of sp³-hybridized carbons (Fsp3) is 0.591. The molecule has 3 aliphatic rings. The standard InChI is InChI=1S/C22H29N5O/c1-16-17(7-10-25(16)2)21(28)27-12-9-22(15-27)8-11-26(14-22)20-13-23-18-5-3-4-6-19(18)24-20/h3-6,13,16-17H,7-12,14-15H2,1-2H3/t16-,17-,22?/m1/s1. The third-order valence-electron chi connectivity index (χ3n) is 7.34. The molecule has 0 N–H and O–H groups in total. The number of carbonyl (C=O) groups is 1. The van der Waals surface area contributed by atoms with Gasteiger partial charge in [0.1, 0.15) is 5.82 Å². The molecule has 0 saturated carbocycles. The molecule has 4 heterocycles. The Balaban J connectivity index is 1.28. The van der Waals surface area contributed by atoms with Crippen LogP contribution in [0, 0.1) is 11.3 Å². The van der Waals surface area contributed by atoms with Crippen LogP contribution in [0.5, 0.6) is 0 Å². The van der Waals surface area contributed by atoms with Gasteiger partial charge in [0.25, 0.3) is 0 Å². The fourth-order valence-electron chi connectivity index (χ4n) is 5.35. The summed E-state index contributed by atoms with van der Waals surface area (Å²) in [5.41, 5.74) is 2.11. The average Bonchev–Trinajstić information content (AvgIpc) is 3.42. The molecule has 0 bridgehead atoms. The molecule has 3 aliphatic heterocycles. The van der Waals surface area contributed by atoms with Crippen LogP contribution in [0.3, 0.4) is 0 Å². The van der Waals surface area contributed by atoms with Crippen LogP contribution in [0.15, 0.2) is 30.5 Å². The molecule has 5 rings (SSSR count). The summed E-state index contributed by atoms with van der Waals surface area (Å²) in [4.78, 5) is 29.3. The zero-order chi connectivity index (χ0) is 19.3. The summed E-state index contributed by atoms with van der Waals surface area (Å²) in [5, 5.41) is 0. The van der Waals surface area contributed by atoms with Crippen molar-refractivity contribution in [3.63, 3.8) is 0 Å². The largest absolute Gasteiger partial charge is 0.355 e. The summed E-state index contributed by atoms with van der Waals surface area (Å²) >= 11 is 0. The molecule has 3 saturated heterocycles. The van der Waals surface area contributed by atoms with Crippen molar-refractivity contribution in [2.45, 2.75) is 32.2 Å². The molecule has 1 aromatic heterocycles. The number of nitrogens with zero attached hydrogens (tertiary/aromatic N) is 5. The third-order valence-corrected chi connectivity index (χ3v) is 7.34. The van der Waals surface area contributed by atoms with E-state index in [2.05, 4.69) is 33.7 Å². The van der Waals surface area contributed by atoms with Gasteiger partial charge in [-0.1, -0.05) is 12.1 Å². The number of amides is 1. The van der Waals surface area contributed by atoms with Crippen LogP contribution in [0.4, 0.5) is 5.82 Å². The number of hydrogen-bond donors (Lipinski definition) is 0. The average molecular weight is 380 g/mol. The zero-order valence-corrected chi connectivity index (χ0v) is 16.8. The lowest BCUT2D eigenvalue weighted by molar-refractivity contribution is -0.135. The maximum Gasteiger partial charge on any atom is 0.227 e. The fourth-order valence-corrected chi connectivity index (χ4v) is 5.35. The monoisotopic (exact) mass is 379 g/mol. The van der Waals surface area contributed by atoms with Crippen molar-refractivity contribution in [3.8, 4) is 0 Å². The molecule has 6 nitrogen and oxygen atoms in total. The smallest absolute Gasteiger partial charge is 0.227 e. The van der Waals surface area contributed by atoms with E-state index < -0.39 is 0 Å². The van der Waals surface area contributed by atoms with Gasteiger partial charge in [0, 0.05) is 37.6 Å². The number of fused-ring (bicyclic) bond motifs is 1. The van der Waals surface area contributed by atoms with Crippen molar-refractivity contribution in [1.29, 1.82) is 0 Å². The van der Waals surface area contributed by atoms with Crippen LogP contribution >= 0.6 is 0 Å². The third kappa shape index (κ3) is 2.94. The number of likely N-dealkylation sites (tertiary alicyclic amines) is 2. The second-order valence-electron chi connectivity index (χ2n) is 9.01. The molecule has 148 valence electrons. The predicted octanol–water partition coefficient (Wildman–Crippen LogP) is 2.40. The molecule has 3 fully saturated rings. The molecule has 1 unspecified atom stereocenters. The Kier molecular flexibility index (Phi) is 4.27. The van der Waals surface area contributed by atoms with Crippen molar-refractivity contribution < 1.29 is 4.79 Å². The topological polar surface area (TPSA) is 52.6 Å². The summed E-state index contributed by atoms with van der Waals surface area (Å²) in [7, 11) is 2.13. The minimum atomic E-state index is 0.170. The van der Waals surface area contributed by atoms with E-state index in [0.717, 1.165) is 68.8 Å². The lowest BCUT2D eigenvalue weighted by Crippen LogP contribution is -2.41. The van der Waals surface area contributed by atoms with Crippen LogP contribution in [0.2, 0.25) is 0 Å². The maximum atomic E-state index is 13.1. The molecule has 3 atom stereocenters. The first-order chi connectivity index (χ1) is 13.5. The Labute approximate surface area is 166 Å². The molecule has 6 heteroatoms. The van der Waals surface area contributed by atoms with Crippen molar-refractivity contribution in [3.05, 3.63) is 30.5 Å². The molecule has 2 aromatic rings. The lowest BCUT2D eigenvalue weighted by Gasteiger charge is -2.28. The second-order valence-corrected chi connectivity index (χ2v) is 9.01. The van der Waals surface area contributed by atoms with Crippen LogP contribution in [-0.2, 0) is 4.79 Å². The summed E-state index contributed by atoms with van der Waals surface area (Å²) in [6, 6.07) is 8.38. The molecular formula is C22H29N5O. The maximum absolute atomic E-state index is 13.1. The molecule has 1 spiro atoms. The first-order valence-corrected chi connectivity index (χ1v) is 10.5. The molecule has 0 radical (unpaired) electrons. The van der Waals surface area contributed by atoms with Gasteiger partial charge in [0.05, 0.1) is 23.1 Å². The van der Waals surface area contributed by atoms with Crippen molar-refractivity contribution >= 4 is 22.8 Å². The zero-order valence-electron chi connectivity index (χ0n) is 16.8. The van der Waals surface area contributed by atoms with Crippen LogP contribution in [-0.4, -0.2) is 71.5 Å². The highest BCUT2D eigenvalue weighted by atomic mass is 16.2. The lowest BCUT2D eigenvalue weighted by atomic mass is 9.86. The number of benzene rings is 1. The highest BCUT2D eigenvalue weighted by Gasteiger charge is 2.47. The van der Waals surface area contributed by atoms with Gasteiger partial charge in [-0.05, 0) is 51.9 Å². The summed E-state index contributed by atoms with van der Waals surface area (Å²) in [6.07, 6.45) is 5.13. The van der Waals surface area contributed by atoms with E-state index in [1.165, 1.54) is 0 Å². The Morgan fingerprint density at radius 2 is 1.89 bits per heavy atom. The quantitative estimate of drug-likeness (QED) is 0.802. The minimum absolute atomic E-state index is 0.170. The second kappa shape index (κ2) is 6.69. The first-order valence-electron chi connectivity index (χ1n) is 10.5. The van der Waals surface area contributed by atoms with E-state index in [4.69, 9.17) is 4.98 Å². The predicted molar refractivity (Wildman–Crippen MR) is 110 cm³/mol. The van der Waals surface area contributed by atoms with Gasteiger partial charge in [-0.15, -0.1) is 0 Å². The molecule has 0 aliphatic carbocycles. The number of para-hydroxylation sites is 2. The molecule has 28 heavy (non-hydrogen) atoms. The molecular weight excluding hydrogens is 350 g/mol. The van der Waals surface area contributed by atoms with E-state index in [-0.39, 0.29) is 11.3 Å². The SMILES string of the molecule is C[C@@H]1[C@H](C(=O)N2CCC3(CCN(c4cnc5ccccc5n4)C3)C2)CCN1C. The van der Waals surface area contributed by atoms with E-state index in [0.29, 0.717) is 11.9 Å². The van der Waals surface area contributed by atoms with Crippen LogP contribution in [0.25, 0.3) is 11.0 Å². The van der Waals surface area contributed by atoms with E-state index in [1.807, 2.05) is 30.5 Å². The number of hydrogen-bond acceptors (Lipinski definition) is 5. The van der Waals surface area contributed by atoms with Gasteiger partial charge in [0.15, 0.2) is 0 Å². The minimum Gasteiger partial charge on any atom is -0.355 e. The number of rotatable bonds is 2. The van der Waals surface area contributed by atoms with Crippen molar-refractivity contribution in [2.75, 3.05) is 44.7 Å². The van der Waals surface area contributed by atoms with Crippen LogP contribution in [0.1, 0.15) is 26.2 Å². The van der Waals surface area contributed by atoms with Gasteiger partial charge < -0.3 is 14.7 Å². The summed E-state index contributed by atoms with van der Waals surface area (Å²) in [6.45, 7) is 7.00. The van der Waals surface area contributed by atoms with E-state index >= 15 is 0 Å². The highest BCUT2D eigenvalue weighted by Crippen LogP contribution is 2.41. The van der Waals surface area contributed by atoms with Gasteiger partial charge >= 0.3 is 0 Å². The summed E-state index contributed by atoms with van der Waals surface area (Å²) < 4.78 is 0. The normalized spacial score (nSPS) is 30.8. The Morgan fingerprint density at radius 3 is 2.68 bits per heavy atom. The van der Waals surface area contributed by atoms with Crippen molar-refractivity contribution in [1.82, 2.24) is 19.8 Å². The Hall–Kier alpha value is -2.21. The highest BCUT2D eigenvalue weighted by molar-refractivity contribution is 5.80. The van der Waals surface area contributed by atoms with Gasteiger partial charge in [-0.3, -0.25) is 9.78 Å². The number of carbonyl (C=O) groups excluding carboxylic acids is 1. The molecule has 1 amide bonds. The number of anilines is 1.